The number of carbonyl (C=O) groups excluding carboxylic acids is 2. The van der Waals surface area contributed by atoms with Gasteiger partial charge in [0.15, 0.2) is 9.84 Å². The van der Waals surface area contributed by atoms with E-state index in [-0.39, 0.29) is 17.1 Å². The number of ether oxygens (including phenoxy) is 1. The summed E-state index contributed by atoms with van der Waals surface area (Å²) in [5.74, 6) is 0. The summed E-state index contributed by atoms with van der Waals surface area (Å²) in [5.41, 5.74) is 5.57. The van der Waals surface area contributed by atoms with Gasteiger partial charge in [0.05, 0.1) is 16.3 Å². The standard InChI is InChI=1S/C15H23N3O5S/c1-15(2,3)23-14(20)18-10(9-19)8-17-11-6-5-7-12(13(11)16)24(4,21)22/h5-7,9-10,17H,8,16H2,1-4H3,(H,18,20). The number of nitrogen functional groups attached to an aromatic ring is 1. The van der Waals surface area contributed by atoms with E-state index >= 15 is 0 Å². The molecule has 0 radical (unpaired) electrons. The van der Waals surface area contributed by atoms with Gasteiger partial charge in [-0.2, -0.15) is 0 Å². The Morgan fingerprint density at radius 3 is 2.50 bits per heavy atom. The van der Waals surface area contributed by atoms with Crippen molar-refractivity contribution in [3.63, 3.8) is 0 Å². The van der Waals surface area contributed by atoms with E-state index in [9.17, 15) is 18.0 Å². The second-order valence-electron chi connectivity index (χ2n) is 6.26. The second-order valence-corrected chi connectivity index (χ2v) is 8.24. The highest BCUT2D eigenvalue weighted by atomic mass is 32.2. The molecule has 1 amide bonds. The normalized spacial score (nSPS) is 13.0. The van der Waals surface area contributed by atoms with E-state index in [1.165, 1.54) is 12.1 Å². The van der Waals surface area contributed by atoms with Gasteiger partial charge in [-0.1, -0.05) is 6.07 Å². The molecule has 1 aromatic rings. The predicted molar refractivity (Wildman–Crippen MR) is 91.7 cm³/mol. The molecule has 1 unspecified atom stereocenters. The highest BCUT2D eigenvalue weighted by molar-refractivity contribution is 7.90. The number of benzene rings is 1. The first kappa shape index (κ1) is 19.8. The van der Waals surface area contributed by atoms with Gasteiger partial charge in [0.2, 0.25) is 0 Å². The van der Waals surface area contributed by atoms with E-state index in [0.29, 0.717) is 12.0 Å². The minimum Gasteiger partial charge on any atom is -0.444 e. The summed E-state index contributed by atoms with van der Waals surface area (Å²) >= 11 is 0. The topological polar surface area (TPSA) is 128 Å². The number of hydrogen-bond acceptors (Lipinski definition) is 7. The SMILES string of the molecule is CC(C)(C)OC(=O)NC(C=O)CNc1cccc(S(C)(=O)=O)c1N. The highest BCUT2D eigenvalue weighted by Crippen LogP contribution is 2.26. The second kappa shape index (κ2) is 7.52. The number of sulfone groups is 1. The van der Waals surface area contributed by atoms with Crippen LogP contribution in [0.1, 0.15) is 20.8 Å². The number of para-hydroxylation sites is 1. The molecule has 9 heteroatoms. The number of amides is 1. The van der Waals surface area contributed by atoms with Crippen molar-refractivity contribution in [1.82, 2.24) is 5.32 Å². The zero-order chi connectivity index (χ0) is 18.5. The van der Waals surface area contributed by atoms with E-state index in [2.05, 4.69) is 10.6 Å². The summed E-state index contributed by atoms with van der Waals surface area (Å²) in [4.78, 5) is 22.8. The molecule has 1 rings (SSSR count). The van der Waals surface area contributed by atoms with Crippen molar-refractivity contribution < 1.29 is 22.7 Å². The van der Waals surface area contributed by atoms with Gasteiger partial charge in [-0.3, -0.25) is 0 Å². The molecule has 0 aliphatic carbocycles. The monoisotopic (exact) mass is 357 g/mol. The van der Waals surface area contributed by atoms with Crippen LogP contribution in [-0.2, 0) is 19.4 Å². The zero-order valence-corrected chi connectivity index (χ0v) is 14.9. The highest BCUT2D eigenvalue weighted by Gasteiger charge is 2.20. The summed E-state index contributed by atoms with van der Waals surface area (Å²) in [6, 6.07) is 3.65. The molecule has 24 heavy (non-hydrogen) atoms. The third-order valence-corrected chi connectivity index (χ3v) is 4.00. The number of carbonyl (C=O) groups is 2. The number of nitrogens with one attached hydrogen (secondary N) is 2. The summed E-state index contributed by atoms with van der Waals surface area (Å²) in [6.07, 6.45) is 0.883. The van der Waals surface area contributed by atoms with Gasteiger partial charge in [0.1, 0.15) is 17.9 Å². The third-order valence-electron chi connectivity index (χ3n) is 2.84. The molecule has 0 spiro atoms. The average molecular weight is 357 g/mol. The van der Waals surface area contributed by atoms with E-state index < -0.39 is 27.6 Å². The number of hydrogen-bond donors (Lipinski definition) is 3. The summed E-state index contributed by atoms with van der Waals surface area (Å²) in [5, 5.41) is 5.26. The first-order valence-corrected chi connectivity index (χ1v) is 9.10. The molecule has 0 bridgehead atoms. The van der Waals surface area contributed by atoms with Crippen LogP contribution in [0.3, 0.4) is 0 Å². The molecule has 0 heterocycles. The maximum absolute atomic E-state index is 11.7. The number of aldehydes is 1. The Kier molecular flexibility index (Phi) is 6.19. The van der Waals surface area contributed by atoms with Crippen molar-refractivity contribution in [2.45, 2.75) is 37.3 Å². The van der Waals surface area contributed by atoms with Crippen molar-refractivity contribution in [2.24, 2.45) is 0 Å². The van der Waals surface area contributed by atoms with Crippen LogP contribution in [0.5, 0.6) is 0 Å². The van der Waals surface area contributed by atoms with E-state index in [4.69, 9.17) is 10.5 Å². The quantitative estimate of drug-likeness (QED) is 0.515. The molecule has 0 aliphatic rings. The maximum Gasteiger partial charge on any atom is 0.408 e. The largest absolute Gasteiger partial charge is 0.444 e. The van der Waals surface area contributed by atoms with Crippen LogP contribution in [0.4, 0.5) is 16.2 Å². The molecule has 0 aromatic heterocycles. The van der Waals surface area contributed by atoms with Gasteiger partial charge >= 0.3 is 6.09 Å². The minimum atomic E-state index is -3.46. The van der Waals surface area contributed by atoms with Crippen LogP contribution in [0.15, 0.2) is 23.1 Å². The van der Waals surface area contributed by atoms with Crippen molar-refractivity contribution in [3.05, 3.63) is 18.2 Å². The van der Waals surface area contributed by atoms with Gasteiger partial charge in [0, 0.05) is 12.8 Å². The van der Waals surface area contributed by atoms with Gasteiger partial charge < -0.3 is 25.9 Å². The van der Waals surface area contributed by atoms with Crippen LogP contribution < -0.4 is 16.4 Å². The smallest absolute Gasteiger partial charge is 0.408 e. The fourth-order valence-electron chi connectivity index (χ4n) is 1.83. The molecule has 1 aromatic carbocycles. The maximum atomic E-state index is 11.7. The minimum absolute atomic E-state index is 0.00439. The predicted octanol–water partition coefficient (Wildman–Crippen LogP) is 1.18. The molecule has 134 valence electrons. The lowest BCUT2D eigenvalue weighted by Gasteiger charge is -2.22. The Morgan fingerprint density at radius 2 is 2.00 bits per heavy atom. The van der Waals surface area contributed by atoms with Crippen molar-refractivity contribution in [2.75, 3.05) is 23.9 Å². The lowest BCUT2D eigenvalue weighted by molar-refractivity contribution is -0.109. The van der Waals surface area contributed by atoms with Crippen LogP contribution in [-0.4, -0.2) is 45.2 Å². The van der Waals surface area contributed by atoms with E-state index in [1.807, 2.05) is 0 Å². The van der Waals surface area contributed by atoms with Crippen LogP contribution in [0.2, 0.25) is 0 Å². The molecule has 0 saturated heterocycles. The Hall–Kier alpha value is -2.29. The number of rotatable bonds is 6. The average Bonchev–Trinajstić information content (AvgIpc) is 2.41. The van der Waals surface area contributed by atoms with Crippen molar-refractivity contribution in [1.29, 1.82) is 0 Å². The molecular formula is C15H23N3O5S. The molecule has 0 saturated carbocycles. The van der Waals surface area contributed by atoms with E-state index in [0.717, 1.165) is 6.26 Å². The van der Waals surface area contributed by atoms with Crippen LogP contribution >= 0.6 is 0 Å². The number of nitrogens with two attached hydrogens (primary N) is 1. The Balaban J connectivity index is 2.77. The van der Waals surface area contributed by atoms with Crippen LogP contribution in [0, 0.1) is 0 Å². The summed E-state index contributed by atoms with van der Waals surface area (Å²) in [6.45, 7) is 5.15. The van der Waals surface area contributed by atoms with Crippen molar-refractivity contribution >= 4 is 33.6 Å². The Labute approximate surface area is 141 Å². The lowest BCUT2D eigenvalue weighted by Crippen LogP contribution is -2.43. The van der Waals surface area contributed by atoms with Gasteiger partial charge in [0.25, 0.3) is 0 Å². The van der Waals surface area contributed by atoms with Gasteiger partial charge in [-0.25, -0.2) is 13.2 Å². The molecule has 0 aliphatic heterocycles. The fourth-order valence-corrected chi connectivity index (χ4v) is 2.67. The van der Waals surface area contributed by atoms with Crippen LogP contribution in [0.25, 0.3) is 0 Å². The fraction of sp³-hybridized carbons (Fsp3) is 0.467. The Morgan fingerprint density at radius 1 is 1.38 bits per heavy atom. The molecule has 4 N–H and O–H groups in total. The molecular weight excluding hydrogens is 334 g/mol. The first-order chi connectivity index (χ1) is 10.9. The summed E-state index contributed by atoms with van der Waals surface area (Å²) < 4.78 is 28.4. The van der Waals surface area contributed by atoms with Crippen molar-refractivity contribution in [3.8, 4) is 0 Å². The molecule has 1 atom stereocenters. The Bertz CT molecular complexity index is 710. The number of anilines is 2. The molecule has 0 fully saturated rings. The first-order valence-electron chi connectivity index (χ1n) is 7.21. The van der Waals surface area contributed by atoms with Gasteiger partial charge in [-0.05, 0) is 32.9 Å². The summed E-state index contributed by atoms with van der Waals surface area (Å²) in [7, 11) is -3.46. The van der Waals surface area contributed by atoms with Gasteiger partial charge in [-0.15, -0.1) is 0 Å². The van der Waals surface area contributed by atoms with E-state index in [1.54, 1.807) is 26.8 Å². The zero-order valence-electron chi connectivity index (χ0n) is 14.1. The third kappa shape index (κ3) is 6.07. The lowest BCUT2D eigenvalue weighted by atomic mass is 10.2. The molecule has 8 nitrogen and oxygen atoms in total. The number of alkyl carbamates (subject to hydrolysis) is 1.